The van der Waals surface area contributed by atoms with Crippen LogP contribution in [0.2, 0.25) is 0 Å². The van der Waals surface area contributed by atoms with Gasteiger partial charge in [0.15, 0.2) is 0 Å². The van der Waals surface area contributed by atoms with Crippen LogP contribution < -0.4 is 5.32 Å². The third-order valence-electron chi connectivity index (χ3n) is 3.72. The highest BCUT2D eigenvalue weighted by Crippen LogP contribution is 2.50. The molecule has 0 aliphatic heterocycles. The van der Waals surface area contributed by atoms with E-state index in [9.17, 15) is 4.79 Å². The predicted molar refractivity (Wildman–Crippen MR) is 69.5 cm³/mol. The number of hydrogen-bond acceptors (Lipinski definition) is 2. The van der Waals surface area contributed by atoms with Crippen molar-refractivity contribution in [1.29, 1.82) is 0 Å². The molecule has 2 unspecified atom stereocenters. The van der Waals surface area contributed by atoms with Gasteiger partial charge in [0.2, 0.25) is 5.91 Å². The number of nitrogens with one attached hydrogen (secondary N) is 1. The number of carbonyl (C=O) groups excluding carboxylic acids is 1. The molecule has 18 heavy (non-hydrogen) atoms. The fourth-order valence-electron chi connectivity index (χ4n) is 2.53. The Morgan fingerprint density at radius 1 is 1.39 bits per heavy atom. The Morgan fingerprint density at radius 3 is 3.06 bits per heavy atom. The standard InChI is InChI=1S/C15H16N2O/c1-10-5-6-12(14-8-13(10)14)15(18)17-9-11-4-2-3-7-16-11/h2-7,13-14H,8-9H2,1H3,(H,17,18). The van der Waals surface area contributed by atoms with Crippen LogP contribution in [-0.4, -0.2) is 10.9 Å². The van der Waals surface area contributed by atoms with E-state index in [1.165, 1.54) is 5.57 Å². The Balaban J connectivity index is 1.63. The van der Waals surface area contributed by atoms with Crippen LogP contribution in [0.3, 0.4) is 0 Å². The average molecular weight is 240 g/mol. The maximum atomic E-state index is 12.1. The van der Waals surface area contributed by atoms with Crippen LogP contribution in [0.5, 0.6) is 0 Å². The summed E-state index contributed by atoms with van der Waals surface area (Å²) in [5, 5.41) is 2.94. The molecule has 1 heterocycles. The fraction of sp³-hybridized carbons (Fsp3) is 0.333. The molecule has 3 nitrogen and oxygen atoms in total. The first-order chi connectivity index (χ1) is 8.75. The number of hydrogen-bond donors (Lipinski definition) is 1. The average Bonchev–Trinajstić information content (AvgIpc) is 3.19. The molecule has 3 heteroatoms. The van der Waals surface area contributed by atoms with E-state index in [1.807, 2.05) is 24.3 Å². The Hall–Kier alpha value is -1.90. The number of allylic oxidation sites excluding steroid dienone is 3. The summed E-state index contributed by atoms with van der Waals surface area (Å²) >= 11 is 0. The second kappa shape index (κ2) is 4.41. The molecule has 2 aliphatic carbocycles. The van der Waals surface area contributed by atoms with E-state index in [0.717, 1.165) is 17.7 Å². The minimum absolute atomic E-state index is 0.0527. The van der Waals surface area contributed by atoms with Gasteiger partial charge in [-0.2, -0.15) is 0 Å². The molecular weight excluding hydrogens is 224 g/mol. The summed E-state index contributed by atoms with van der Waals surface area (Å²) in [5.74, 6) is 1.13. The lowest BCUT2D eigenvalue weighted by atomic mass is 9.99. The maximum Gasteiger partial charge on any atom is 0.247 e. The molecule has 1 fully saturated rings. The van der Waals surface area contributed by atoms with Crippen molar-refractivity contribution >= 4 is 5.91 Å². The van der Waals surface area contributed by atoms with Crippen molar-refractivity contribution in [2.75, 3.05) is 0 Å². The number of nitrogens with zero attached hydrogens (tertiary/aromatic N) is 1. The Labute approximate surface area is 107 Å². The molecule has 0 saturated heterocycles. The Morgan fingerprint density at radius 2 is 2.28 bits per heavy atom. The monoisotopic (exact) mass is 240 g/mol. The van der Waals surface area contributed by atoms with Gasteiger partial charge in [-0.3, -0.25) is 9.78 Å². The van der Waals surface area contributed by atoms with E-state index < -0.39 is 0 Å². The van der Waals surface area contributed by atoms with E-state index >= 15 is 0 Å². The van der Waals surface area contributed by atoms with Crippen LogP contribution >= 0.6 is 0 Å². The van der Waals surface area contributed by atoms with Crippen molar-refractivity contribution in [3.8, 4) is 0 Å². The van der Waals surface area contributed by atoms with Gasteiger partial charge in [0.25, 0.3) is 0 Å². The molecule has 2 aliphatic rings. The van der Waals surface area contributed by atoms with Gasteiger partial charge in [-0.1, -0.05) is 23.8 Å². The molecule has 2 atom stereocenters. The van der Waals surface area contributed by atoms with E-state index in [4.69, 9.17) is 0 Å². The Bertz CT molecular complexity index is 531. The molecule has 1 N–H and O–H groups in total. The minimum atomic E-state index is 0.0527. The first-order valence-corrected chi connectivity index (χ1v) is 6.32. The van der Waals surface area contributed by atoms with Crippen LogP contribution in [0.25, 0.3) is 0 Å². The van der Waals surface area contributed by atoms with E-state index in [0.29, 0.717) is 18.4 Å². The zero-order valence-electron chi connectivity index (χ0n) is 10.4. The highest BCUT2D eigenvalue weighted by Gasteiger charge is 2.44. The molecule has 1 saturated carbocycles. The highest BCUT2D eigenvalue weighted by atomic mass is 16.1. The van der Waals surface area contributed by atoms with E-state index in [1.54, 1.807) is 6.20 Å². The zero-order valence-corrected chi connectivity index (χ0v) is 10.4. The topological polar surface area (TPSA) is 42.0 Å². The summed E-state index contributed by atoms with van der Waals surface area (Å²) in [6.45, 7) is 2.64. The molecule has 3 rings (SSSR count). The smallest absolute Gasteiger partial charge is 0.247 e. The summed E-state index contributed by atoms with van der Waals surface area (Å²) in [6, 6.07) is 5.72. The summed E-state index contributed by atoms with van der Waals surface area (Å²) in [4.78, 5) is 16.3. The van der Waals surface area contributed by atoms with E-state index in [-0.39, 0.29) is 5.91 Å². The number of aromatic nitrogens is 1. The van der Waals surface area contributed by atoms with Gasteiger partial charge in [0, 0.05) is 11.8 Å². The van der Waals surface area contributed by atoms with Crippen molar-refractivity contribution in [3.05, 3.63) is 53.4 Å². The highest BCUT2D eigenvalue weighted by molar-refractivity contribution is 5.95. The van der Waals surface area contributed by atoms with Crippen LogP contribution in [-0.2, 0) is 11.3 Å². The molecule has 0 bridgehead atoms. The van der Waals surface area contributed by atoms with E-state index in [2.05, 4.69) is 23.3 Å². The van der Waals surface area contributed by atoms with Gasteiger partial charge in [0.05, 0.1) is 12.2 Å². The van der Waals surface area contributed by atoms with Crippen molar-refractivity contribution in [1.82, 2.24) is 10.3 Å². The molecule has 1 aromatic rings. The first kappa shape index (κ1) is 11.2. The van der Waals surface area contributed by atoms with Crippen LogP contribution in [0.1, 0.15) is 19.0 Å². The summed E-state index contributed by atoms with van der Waals surface area (Å²) < 4.78 is 0. The molecule has 0 spiro atoms. The lowest BCUT2D eigenvalue weighted by Gasteiger charge is -2.11. The zero-order chi connectivity index (χ0) is 12.5. The molecule has 1 aromatic heterocycles. The van der Waals surface area contributed by atoms with Gasteiger partial charge < -0.3 is 5.32 Å². The van der Waals surface area contributed by atoms with Crippen LogP contribution in [0, 0.1) is 11.8 Å². The lowest BCUT2D eigenvalue weighted by molar-refractivity contribution is -0.118. The van der Waals surface area contributed by atoms with Crippen LogP contribution in [0.4, 0.5) is 0 Å². The maximum absolute atomic E-state index is 12.1. The van der Waals surface area contributed by atoms with Crippen molar-refractivity contribution in [2.45, 2.75) is 19.9 Å². The number of pyridine rings is 1. The van der Waals surface area contributed by atoms with Crippen molar-refractivity contribution in [3.63, 3.8) is 0 Å². The summed E-state index contributed by atoms with van der Waals surface area (Å²) in [5.41, 5.74) is 3.23. The largest absolute Gasteiger partial charge is 0.347 e. The SMILES string of the molecule is CC1=CC=C(C(=O)NCc2ccccn2)C2CC12. The normalized spacial score (nSPS) is 24.7. The molecule has 1 amide bonds. The van der Waals surface area contributed by atoms with Crippen molar-refractivity contribution in [2.24, 2.45) is 11.8 Å². The predicted octanol–water partition coefficient (Wildman–Crippen LogP) is 2.22. The number of fused-ring (bicyclic) bond motifs is 1. The van der Waals surface area contributed by atoms with Gasteiger partial charge >= 0.3 is 0 Å². The molecular formula is C15H16N2O. The summed E-state index contributed by atoms with van der Waals surface area (Å²) in [7, 11) is 0. The number of carbonyl (C=O) groups is 1. The fourth-order valence-corrected chi connectivity index (χ4v) is 2.53. The Kier molecular flexibility index (Phi) is 2.74. The van der Waals surface area contributed by atoms with Gasteiger partial charge in [-0.05, 0) is 37.3 Å². The lowest BCUT2D eigenvalue weighted by Crippen LogP contribution is -2.26. The first-order valence-electron chi connectivity index (χ1n) is 6.32. The minimum Gasteiger partial charge on any atom is -0.347 e. The van der Waals surface area contributed by atoms with Crippen molar-refractivity contribution < 1.29 is 4.79 Å². The number of amides is 1. The van der Waals surface area contributed by atoms with Gasteiger partial charge in [-0.15, -0.1) is 0 Å². The number of rotatable bonds is 3. The second-order valence-electron chi connectivity index (χ2n) is 4.99. The quantitative estimate of drug-likeness (QED) is 0.880. The third-order valence-corrected chi connectivity index (χ3v) is 3.72. The molecule has 0 radical (unpaired) electrons. The molecule has 92 valence electrons. The van der Waals surface area contributed by atoms with Gasteiger partial charge in [0.1, 0.15) is 0 Å². The second-order valence-corrected chi connectivity index (χ2v) is 4.99. The molecule has 0 aromatic carbocycles. The third kappa shape index (κ3) is 2.08. The van der Waals surface area contributed by atoms with Crippen LogP contribution in [0.15, 0.2) is 47.7 Å². The summed E-state index contributed by atoms with van der Waals surface area (Å²) in [6.07, 6.45) is 6.91. The van der Waals surface area contributed by atoms with Gasteiger partial charge in [-0.25, -0.2) is 0 Å².